The van der Waals surface area contributed by atoms with E-state index in [0.29, 0.717) is 18.4 Å². The molecular weight excluding hydrogens is 272 g/mol. The number of hydrogen-bond donors (Lipinski definition) is 0. The lowest BCUT2D eigenvalue weighted by atomic mass is 9.73. The molecule has 0 bridgehead atoms. The standard InChI is InChI=1S/C20H40O2/c1-11-20(10,14-18(4,5)6)17(21)22-13-16(12-15(2)3)19(7,8)9/h15-16H,11-14H2,1-10H3. The van der Waals surface area contributed by atoms with E-state index in [2.05, 4.69) is 69.2 Å². The first-order valence-corrected chi connectivity index (χ1v) is 8.88. The Morgan fingerprint density at radius 2 is 1.50 bits per heavy atom. The molecule has 2 unspecified atom stereocenters. The molecule has 0 fully saturated rings. The molecule has 22 heavy (non-hydrogen) atoms. The smallest absolute Gasteiger partial charge is 0.311 e. The van der Waals surface area contributed by atoms with Crippen LogP contribution in [0.15, 0.2) is 0 Å². The summed E-state index contributed by atoms with van der Waals surface area (Å²) in [4.78, 5) is 12.7. The average molecular weight is 313 g/mol. The van der Waals surface area contributed by atoms with Gasteiger partial charge in [-0.15, -0.1) is 0 Å². The predicted octanol–water partition coefficient (Wildman–Crippen LogP) is 6.09. The summed E-state index contributed by atoms with van der Waals surface area (Å²) in [5, 5.41) is 0. The second-order valence-corrected chi connectivity index (χ2v) is 9.94. The Morgan fingerprint density at radius 3 is 1.82 bits per heavy atom. The van der Waals surface area contributed by atoms with E-state index in [-0.39, 0.29) is 22.2 Å². The van der Waals surface area contributed by atoms with E-state index in [1.54, 1.807) is 0 Å². The topological polar surface area (TPSA) is 26.3 Å². The van der Waals surface area contributed by atoms with Crippen LogP contribution in [0.5, 0.6) is 0 Å². The molecule has 0 saturated heterocycles. The molecule has 0 aliphatic carbocycles. The van der Waals surface area contributed by atoms with Crippen LogP contribution in [0, 0.1) is 28.1 Å². The Labute approximate surface area is 139 Å². The second-order valence-electron chi connectivity index (χ2n) is 9.94. The van der Waals surface area contributed by atoms with Gasteiger partial charge in [0.1, 0.15) is 0 Å². The Morgan fingerprint density at radius 1 is 1.00 bits per heavy atom. The molecule has 0 aromatic rings. The third kappa shape index (κ3) is 7.65. The number of rotatable bonds is 7. The summed E-state index contributed by atoms with van der Waals surface area (Å²) >= 11 is 0. The molecule has 2 nitrogen and oxygen atoms in total. The van der Waals surface area contributed by atoms with Crippen molar-refractivity contribution in [1.29, 1.82) is 0 Å². The van der Waals surface area contributed by atoms with Gasteiger partial charge >= 0.3 is 5.97 Å². The van der Waals surface area contributed by atoms with Gasteiger partial charge in [-0.25, -0.2) is 0 Å². The Hall–Kier alpha value is -0.530. The zero-order chi connectivity index (χ0) is 17.8. The first kappa shape index (κ1) is 21.5. The number of hydrogen-bond acceptors (Lipinski definition) is 2. The van der Waals surface area contributed by atoms with E-state index < -0.39 is 0 Å². The van der Waals surface area contributed by atoms with Crippen LogP contribution in [0.4, 0.5) is 0 Å². The van der Waals surface area contributed by atoms with Crippen molar-refractivity contribution in [1.82, 2.24) is 0 Å². The quantitative estimate of drug-likeness (QED) is 0.532. The van der Waals surface area contributed by atoms with Crippen LogP contribution in [0.2, 0.25) is 0 Å². The third-order valence-electron chi connectivity index (χ3n) is 4.59. The summed E-state index contributed by atoms with van der Waals surface area (Å²) < 4.78 is 5.79. The van der Waals surface area contributed by atoms with Crippen LogP contribution in [-0.2, 0) is 9.53 Å². The highest BCUT2D eigenvalue weighted by Crippen LogP contribution is 2.38. The minimum Gasteiger partial charge on any atom is -0.465 e. The van der Waals surface area contributed by atoms with Gasteiger partial charge in [-0.05, 0) is 48.9 Å². The predicted molar refractivity (Wildman–Crippen MR) is 95.8 cm³/mol. The minimum atomic E-state index is -0.376. The zero-order valence-electron chi connectivity index (χ0n) is 16.8. The highest BCUT2D eigenvalue weighted by molar-refractivity contribution is 5.76. The molecule has 0 aromatic heterocycles. The van der Waals surface area contributed by atoms with Crippen molar-refractivity contribution in [2.75, 3.05) is 6.61 Å². The van der Waals surface area contributed by atoms with Crippen molar-refractivity contribution >= 4 is 5.97 Å². The molecule has 2 atom stereocenters. The molecule has 0 aliphatic rings. The van der Waals surface area contributed by atoms with Gasteiger partial charge in [0.15, 0.2) is 0 Å². The van der Waals surface area contributed by atoms with Crippen molar-refractivity contribution in [3.63, 3.8) is 0 Å². The van der Waals surface area contributed by atoms with Crippen molar-refractivity contribution in [3.05, 3.63) is 0 Å². The van der Waals surface area contributed by atoms with E-state index in [1.807, 2.05) is 0 Å². The van der Waals surface area contributed by atoms with Gasteiger partial charge in [0.25, 0.3) is 0 Å². The fourth-order valence-electron chi connectivity index (χ4n) is 3.10. The maximum atomic E-state index is 12.7. The molecule has 132 valence electrons. The lowest BCUT2D eigenvalue weighted by Crippen LogP contribution is -2.36. The fraction of sp³-hybridized carbons (Fsp3) is 0.950. The number of esters is 1. The van der Waals surface area contributed by atoms with Crippen LogP contribution in [0.1, 0.15) is 88.5 Å². The van der Waals surface area contributed by atoms with Crippen molar-refractivity contribution in [2.24, 2.45) is 28.1 Å². The van der Waals surface area contributed by atoms with E-state index >= 15 is 0 Å². The maximum absolute atomic E-state index is 12.7. The van der Waals surface area contributed by atoms with Gasteiger partial charge < -0.3 is 4.74 Å². The number of carbonyl (C=O) groups excluding carboxylic acids is 1. The molecular formula is C20H40O2. The lowest BCUT2D eigenvalue weighted by Gasteiger charge is -2.35. The number of ether oxygens (including phenoxy) is 1. The molecule has 2 heteroatoms. The molecule has 0 aromatic carbocycles. The highest BCUT2D eigenvalue weighted by Gasteiger charge is 2.38. The molecule has 0 heterocycles. The minimum absolute atomic E-state index is 0.0251. The van der Waals surface area contributed by atoms with E-state index in [1.165, 1.54) is 0 Å². The Bertz CT molecular complexity index is 344. The van der Waals surface area contributed by atoms with Crippen LogP contribution in [0.3, 0.4) is 0 Å². The molecule has 0 aliphatic heterocycles. The average Bonchev–Trinajstić information content (AvgIpc) is 2.29. The highest BCUT2D eigenvalue weighted by atomic mass is 16.5. The SMILES string of the molecule is CCC(C)(CC(C)(C)C)C(=O)OCC(CC(C)C)C(C)(C)C. The Kier molecular flexibility index (Phi) is 7.65. The lowest BCUT2D eigenvalue weighted by molar-refractivity contribution is -0.160. The van der Waals surface area contributed by atoms with Crippen LogP contribution in [-0.4, -0.2) is 12.6 Å². The molecule has 0 radical (unpaired) electrons. The normalized spacial score (nSPS) is 17.2. The van der Waals surface area contributed by atoms with Crippen LogP contribution in [0.25, 0.3) is 0 Å². The van der Waals surface area contributed by atoms with Crippen molar-refractivity contribution in [2.45, 2.75) is 88.5 Å². The first-order valence-electron chi connectivity index (χ1n) is 8.88. The van der Waals surface area contributed by atoms with Crippen LogP contribution < -0.4 is 0 Å². The van der Waals surface area contributed by atoms with Gasteiger partial charge in [0, 0.05) is 0 Å². The zero-order valence-corrected chi connectivity index (χ0v) is 16.8. The van der Waals surface area contributed by atoms with Gasteiger partial charge in [-0.3, -0.25) is 4.79 Å². The van der Waals surface area contributed by atoms with Crippen LogP contribution >= 0.6 is 0 Å². The maximum Gasteiger partial charge on any atom is 0.311 e. The van der Waals surface area contributed by atoms with Crippen molar-refractivity contribution in [3.8, 4) is 0 Å². The summed E-state index contributed by atoms with van der Waals surface area (Å²) in [5.74, 6) is 1.00. The monoisotopic (exact) mass is 312 g/mol. The van der Waals surface area contributed by atoms with Crippen molar-refractivity contribution < 1.29 is 9.53 Å². The summed E-state index contributed by atoms with van der Waals surface area (Å²) in [6.45, 7) is 22.4. The third-order valence-corrected chi connectivity index (χ3v) is 4.59. The molecule has 0 N–H and O–H groups in total. The van der Waals surface area contributed by atoms with Gasteiger partial charge in [0.05, 0.1) is 12.0 Å². The Balaban J connectivity index is 4.87. The second kappa shape index (κ2) is 7.84. The summed E-state index contributed by atoms with van der Waals surface area (Å²) in [6.07, 6.45) is 2.78. The van der Waals surface area contributed by atoms with Gasteiger partial charge in [-0.2, -0.15) is 0 Å². The summed E-state index contributed by atoms with van der Waals surface area (Å²) in [5.41, 5.74) is -0.0825. The summed E-state index contributed by atoms with van der Waals surface area (Å²) in [6, 6.07) is 0. The first-order chi connectivity index (χ1) is 9.71. The van der Waals surface area contributed by atoms with E-state index in [0.717, 1.165) is 19.3 Å². The largest absolute Gasteiger partial charge is 0.465 e. The number of carbonyl (C=O) groups is 1. The fourth-order valence-corrected chi connectivity index (χ4v) is 3.10. The van der Waals surface area contributed by atoms with E-state index in [4.69, 9.17) is 4.74 Å². The molecule has 0 rings (SSSR count). The summed E-state index contributed by atoms with van der Waals surface area (Å²) in [7, 11) is 0. The van der Waals surface area contributed by atoms with E-state index in [9.17, 15) is 4.79 Å². The molecule has 0 amide bonds. The molecule has 0 saturated carbocycles. The molecule has 0 spiro atoms. The van der Waals surface area contributed by atoms with Gasteiger partial charge in [-0.1, -0.05) is 62.3 Å². The van der Waals surface area contributed by atoms with Gasteiger partial charge in [0.2, 0.25) is 0 Å².